The molecule has 1 aliphatic heterocycles. The molecule has 4 aliphatic rings. The third kappa shape index (κ3) is 2.01. The molecule has 4 rings (SSSR count). The van der Waals surface area contributed by atoms with Crippen molar-refractivity contribution in [3.8, 4) is 0 Å². The fourth-order valence-corrected chi connectivity index (χ4v) is 6.97. The number of carbonyl (C=O) groups is 2. The summed E-state index contributed by atoms with van der Waals surface area (Å²) in [5.74, 6) is 0.672. The number of hydrogen-bond acceptors (Lipinski definition) is 4. The molecular formula is C21H31NO4. The maximum absolute atomic E-state index is 12.4. The molecule has 3 aliphatic carbocycles. The van der Waals surface area contributed by atoms with Crippen molar-refractivity contribution < 1.29 is 19.4 Å². The van der Waals surface area contributed by atoms with Gasteiger partial charge in [-0.15, -0.1) is 0 Å². The number of ether oxygens (including phenoxy) is 1. The Balaban J connectivity index is 1.68. The van der Waals surface area contributed by atoms with Gasteiger partial charge in [0.25, 0.3) is 0 Å². The molecule has 1 heterocycles. The van der Waals surface area contributed by atoms with Gasteiger partial charge in [-0.3, -0.25) is 4.79 Å². The standard InChI is InChI=1S/C21H31NO4/c1-19-10-9-17(23)22(3)16(19)6-5-13-14(19)7-11-20(2)15(13)8-12-21(20,25)18(24)26-4/h8,13-14,16,25H,5-7,9-12H2,1-4H3/t13-,14-,16?,19-,20+,21?/m1/s1. The Kier molecular flexibility index (Phi) is 3.86. The smallest absolute Gasteiger partial charge is 0.339 e. The highest BCUT2D eigenvalue weighted by molar-refractivity contribution is 5.82. The van der Waals surface area contributed by atoms with Crippen LogP contribution in [0.15, 0.2) is 11.6 Å². The molecule has 1 saturated heterocycles. The fourth-order valence-electron chi connectivity index (χ4n) is 6.97. The molecule has 26 heavy (non-hydrogen) atoms. The van der Waals surface area contributed by atoms with Crippen LogP contribution in [0.25, 0.3) is 0 Å². The molecule has 2 saturated carbocycles. The summed E-state index contributed by atoms with van der Waals surface area (Å²) in [6, 6.07) is 0.316. The highest BCUT2D eigenvalue weighted by Crippen LogP contribution is 2.65. The number of esters is 1. The number of hydrogen-bond donors (Lipinski definition) is 1. The van der Waals surface area contributed by atoms with E-state index in [1.54, 1.807) is 0 Å². The summed E-state index contributed by atoms with van der Waals surface area (Å²) in [5, 5.41) is 11.2. The lowest BCUT2D eigenvalue weighted by Gasteiger charge is -2.60. The van der Waals surface area contributed by atoms with Gasteiger partial charge >= 0.3 is 5.97 Å². The maximum Gasteiger partial charge on any atom is 0.339 e. The van der Waals surface area contributed by atoms with Gasteiger partial charge in [-0.05, 0) is 49.4 Å². The number of methoxy groups -OCH3 is 1. The summed E-state index contributed by atoms with van der Waals surface area (Å²) in [6.45, 7) is 4.41. The van der Waals surface area contributed by atoms with E-state index >= 15 is 0 Å². The van der Waals surface area contributed by atoms with Gasteiger partial charge in [0.2, 0.25) is 5.91 Å². The van der Waals surface area contributed by atoms with Gasteiger partial charge in [-0.25, -0.2) is 4.79 Å². The number of aliphatic hydroxyl groups is 1. The fraction of sp³-hybridized carbons (Fsp3) is 0.810. The van der Waals surface area contributed by atoms with E-state index in [1.165, 1.54) is 12.7 Å². The van der Waals surface area contributed by atoms with E-state index in [2.05, 4.69) is 13.0 Å². The Morgan fingerprint density at radius 1 is 1.27 bits per heavy atom. The van der Waals surface area contributed by atoms with Crippen molar-refractivity contribution in [1.29, 1.82) is 0 Å². The minimum Gasteiger partial charge on any atom is -0.467 e. The van der Waals surface area contributed by atoms with Gasteiger partial charge in [0.15, 0.2) is 5.60 Å². The van der Waals surface area contributed by atoms with Crippen molar-refractivity contribution in [1.82, 2.24) is 4.90 Å². The number of carbonyl (C=O) groups excluding carboxylic acids is 2. The molecule has 5 heteroatoms. The first kappa shape index (κ1) is 18.0. The first-order chi connectivity index (χ1) is 12.2. The molecule has 1 amide bonds. The summed E-state index contributed by atoms with van der Waals surface area (Å²) in [5.41, 5.74) is -0.569. The molecule has 0 aromatic heterocycles. The largest absolute Gasteiger partial charge is 0.467 e. The lowest BCUT2D eigenvalue weighted by molar-refractivity contribution is -0.178. The van der Waals surface area contributed by atoms with Crippen molar-refractivity contribution in [2.75, 3.05) is 14.2 Å². The highest BCUT2D eigenvalue weighted by Gasteiger charge is 2.64. The van der Waals surface area contributed by atoms with E-state index in [-0.39, 0.29) is 11.3 Å². The second-order valence-electron chi connectivity index (χ2n) is 9.40. The normalized spacial score (nSPS) is 47.6. The molecule has 6 atom stereocenters. The van der Waals surface area contributed by atoms with E-state index in [0.717, 1.165) is 32.1 Å². The van der Waals surface area contributed by atoms with Gasteiger partial charge in [-0.2, -0.15) is 0 Å². The third-order valence-electron chi connectivity index (χ3n) is 8.63. The number of nitrogens with zero attached hydrogens (tertiary/aromatic N) is 1. The molecule has 0 aromatic carbocycles. The number of fused-ring (bicyclic) bond motifs is 5. The Labute approximate surface area is 155 Å². The lowest BCUT2D eigenvalue weighted by atomic mass is 9.48. The molecule has 3 fully saturated rings. The van der Waals surface area contributed by atoms with Crippen molar-refractivity contribution in [2.45, 2.75) is 70.4 Å². The van der Waals surface area contributed by atoms with E-state index < -0.39 is 17.0 Å². The van der Waals surface area contributed by atoms with Crippen LogP contribution in [0, 0.1) is 22.7 Å². The van der Waals surface area contributed by atoms with Gasteiger partial charge in [0.05, 0.1) is 7.11 Å². The van der Waals surface area contributed by atoms with Crippen LogP contribution < -0.4 is 0 Å². The average Bonchev–Trinajstić information content (AvgIpc) is 2.90. The Hall–Kier alpha value is -1.36. The maximum atomic E-state index is 12.4. The summed E-state index contributed by atoms with van der Waals surface area (Å²) >= 11 is 0. The SMILES string of the molecule is COC(=O)C1(O)CC=C2[C@@H]3CCC4N(C)C(=O)CC[C@]4(C)[C@@H]3CC[C@@]21C. The number of likely N-dealkylation sites (tertiary alicyclic amines) is 1. The van der Waals surface area contributed by atoms with Crippen LogP contribution in [0.1, 0.15) is 58.8 Å². The summed E-state index contributed by atoms with van der Waals surface area (Å²) in [6.07, 6.45) is 7.88. The van der Waals surface area contributed by atoms with Crippen LogP contribution in [0.5, 0.6) is 0 Å². The first-order valence-electron chi connectivity index (χ1n) is 9.96. The molecule has 0 bridgehead atoms. The van der Waals surface area contributed by atoms with Crippen LogP contribution in [-0.2, 0) is 14.3 Å². The summed E-state index contributed by atoms with van der Waals surface area (Å²) in [4.78, 5) is 26.6. The average molecular weight is 361 g/mol. The van der Waals surface area contributed by atoms with E-state index in [1.807, 2.05) is 18.9 Å². The van der Waals surface area contributed by atoms with Crippen molar-refractivity contribution >= 4 is 11.9 Å². The Morgan fingerprint density at radius 2 is 2.00 bits per heavy atom. The zero-order chi connectivity index (χ0) is 18.9. The van der Waals surface area contributed by atoms with Crippen LogP contribution in [-0.4, -0.2) is 47.7 Å². The third-order valence-corrected chi connectivity index (χ3v) is 8.63. The summed E-state index contributed by atoms with van der Waals surface area (Å²) in [7, 11) is 3.32. The van der Waals surface area contributed by atoms with Gasteiger partial charge < -0.3 is 14.7 Å². The summed E-state index contributed by atoms with van der Waals surface area (Å²) < 4.78 is 4.95. The lowest BCUT2D eigenvalue weighted by Crippen LogP contribution is -2.62. The van der Waals surface area contributed by atoms with E-state index in [9.17, 15) is 14.7 Å². The van der Waals surface area contributed by atoms with Crippen LogP contribution in [0.2, 0.25) is 0 Å². The Morgan fingerprint density at radius 3 is 2.69 bits per heavy atom. The molecule has 0 spiro atoms. The minimum absolute atomic E-state index is 0.125. The minimum atomic E-state index is -1.43. The molecular weight excluding hydrogens is 330 g/mol. The zero-order valence-electron chi connectivity index (χ0n) is 16.4. The van der Waals surface area contributed by atoms with Gasteiger partial charge in [0.1, 0.15) is 0 Å². The monoisotopic (exact) mass is 361 g/mol. The van der Waals surface area contributed by atoms with Gasteiger partial charge in [-0.1, -0.05) is 25.5 Å². The predicted octanol–water partition coefficient (Wildman–Crippen LogP) is 2.67. The second-order valence-corrected chi connectivity index (χ2v) is 9.40. The number of amides is 1. The molecule has 0 aromatic rings. The van der Waals surface area contributed by atoms with E-state index in [4.69, 9.17) is 4.74 Å². The van der Waals surface area contributed by atoms with Crippen LogP contribution >= 0.6 is 0 Å². The molecule has 5 nitrogen and oxygen atoms in total. The van der Waals surface area contributed by atoms with Crippen LogP contribution in [0.3, 0.4) is 0 Å². The van der Waals surface area contributed by atoms with Crippen molar-refractivity contribution in [3.05, 3.63) is 11.6 Å². The van der Waals surface area contributed by atoms with Crippen LogP contribution in [0.4, 0.5) is 0 Å². The number of rotatable bonds is 1. The molecule has 2 unspecified atom stereocenters. The van der Waals surface area contributed by atoms with Crippen molar-refractivity contribution in [2.24, 2.45) is 22.7 Å². The van der Waals surface area contributed by atoms with Crippen molar-refractivity contribution in [3.63, 3.8) is 0 Å². The van der Waals surface area contributed by atoms with Gasteiger partial charge in [0, 0.05) is 31.3 Å². The zero-order valence-corrected chi connectivity index (χ0v) is 16.4. The quantitative estimate of drug-likeness (QED) is 0.576. The highest BCUT2D eigenvalue weighted by atomic mass is 16.5. The number of piperidine rings is 1. The molecule has 1 N–H and O–H groups in total. The Bertz CT molecular complexity index is 687. The second kappa shape index (κ2) is 5.57. The topological polar surface area (TPSA) is 66.8 Å². The predicted molar refractivity (Wildman–Crippen MR) is 97.1 cm³/mol. The molecule has 144 valence electrons. The first-order valence-corrected chi connectivity index (χ1v) is 9.96. The van der Waals surface area contributed by atoms with E-state index in [0.29, 0.717) is 30.7 Å². The molecule has 0 radical (unpaired) electrons.